The highest BCUT2D eigenvalue weighted by Crippen LogP contribution is 2.32. The van der Waals surface area contributed by atoms with Gasteiger partial charge < -0.3 is 25.3 Å². The number of rotatable bonds is 6. The first kappa shape index (κ1) is 29.6. The minimum Gasteiger partial charge on any atom is -0.481 e. The van der Waals surface area contributed by atoms with Gasteiger partial charge in [-0.15, -0.1) is 0 Å². The van der Waals surface area contributed by atoms with Crippen LogP contribution in [0.2, 0.25) is 0 Å². The van der Waals surface area contributed by atoms with Gasteiger partial charge in [0.1, 0.15) is 0 Å². The van der Waals surface area contributed by atoms with Gasteiger partial charge in [0.25, 0.3) is 17.5 Å². The SMILES string of the molecule is CC(=O)O.CCc1nc(/C(N)=C(\Cn2ccc(C#CC3CC3)cc2=O)N(C)N)ccc1N1CCCC(F)(F)C1. The molecule has 11 heteroatoms. The first-order valence-corrected chi connectivity index (χ1v) is 12.9. The molecule has 5 N–H and O–H groups in total. The molecule has 2 aromatic rings. The first-order chi connectivity index (χ1) is 18.4. The lowest BCUT2D eigenvalue weighted by Gasteiger charge is -2.35. The van der Waals surface area contributed by atoms with Crippen molar-refractivity contribution in [3.05, 3.63) is 63.5 Å². The molecule has 0 bridgehead atoms. The van der Waals surface area contributed by atoms with Gasteiger partial charge in [-0.25, -0.2) is 19.6 Å². The van der Waals surface area contributed by atoms with Crippen molar-refractivity contribution >= 4 is 17.4 Å². The summed E-state index contributed by atoms with van der Waals surface area (Å²) in [6.07, 6.45) is 4.84. The van der Waals surface area contributed by atoms with E-state index in [1.807, 2.05) is 6.92 Å². The number of carboxylic acid groups (broad SMARTS) is 1. The van der Waals surface area contributed by atoms with E-state index < -0.39 is 11.9 Å². The lowest BCUT2D eigenvalue weighted by Crippen LogP contribution is -2.43. The smallest absolute Gasteiger partial charge is 0.300 e. The van der Waals surface area contributed by atoms with Crippen LogP contribution >= 0.6 is 0 Å². The van der Waals surface area contributed by atoms with Gasteiger partial charge in [0.2, 0.25) is 0 Å². The zero-order chi connectivity index (χ0) is 28.7. The second-order valence-corrected chi connectivity index (χ2v) is 9.81. The maximum atomic E-state index is 14.0. The zero-order valence-corrected chi connectivity index (χ0v) is 22.6. The van der Waals surface area contributed by atoms with E-state index in [9.17, 15) is 13.6 Å². The Balaban J connectivity index is 0.000000983. The molecular formula is C28H36F2N6O3. The summed E-state index contributed by atoms with van der Waals surface area (Å²) >= 11 is 0. The third kappa shape index (κ3) is 8.55. The molecule has 210 valence electrons. The summed E-state index contributed by atoms with van der Waals surface area (Å²) in [5.41, 5.74) is 9.67. The number of halogens is 2. The number of aromatic nitrogens is 2. The van der Waals surface area contributed by atoms with Crippen molar-refractivity contribution in [2.24, 2.45) is 17.5 Å². The van der Waals surface area contributed by atoms with Crippen molar-refractivity contribution < 1.29 is 18.7 Å². The van der Waals surface area contributed by atoms with Gasteiger partial charge in [-0.05, 0) is 43.9 Å². The average Bonchev–Trinajstić information content (AvgIpc) is 3.69. The molecular weight excluding hydrogens is 506 g/mol. The molecule has 4 rings (SSSR count). The van der Waals surface area contributed by atoms with Crippen LogP contribution in [0.15, 0.2) is 41.0 Å². The van der Waals surface area contributed by atoms with E-state index in [1.165, 1.54) is 15.6 Å². The van der Waals surface area contributed by atoms with Gasteiger partial charge in [0.05, 0.1) is 41.6 Å². The van der Waals surface area contributed by atoms with Gasteiger partial charge in [0, 0.05) is 50.7 Å². The molecule has 2 fully saturated rings. The predicted molar refractivity (Wildman–Crippen MR) is 147 cm³/mol. The number of nitrogens with two attached hydrogens (primary N) is 2. The number of alkyl halides is 2. The summed E-state index contributed by atoms with van der Waals surface area (Å²) in [7, 11) is 1.65. The largest absolute Gasteiger partial charge is 0.481 e. The highest BCUT2D eigenvalue weighted by atomic mass is 19.3. The number of hydrogen-bond acceptors (Lipinski definition) is 7. The zero-order valence-electron chi connectivity index (χ0n) is 22.6. The van der Waals surface area contributed by atoms with Crippen LogP contribution in [-0.4, -0.2) is 51.7 Å². The molecule has 1 aliphatic carbocycles. The molecule has 1 saturated heterocycles. The van der Waals surface area contributed by atoms with Crippen molar-refractivity contribution in [3.63, 3.8) is 0 Å². The summed E-state index contributed by atoms with van der Waals surface area (Å²) in [4.78, 5) is 28.1. The molecule has 9 nitrogen and oxygen atoms in total. The molecule has 0 atom stereocenters. The molecule has 0 amide bonds. The molecule has 2 aliphatic rings. The summed E-state index contributed by atoms with van der Waals surface area (Å²) in [6, 6.07) is 6.83. The fourth-order valence-electron chi connectivity index (χ4n) is 4.19. The summed E-state index contributed by atoms with van der Waals surface area (Å²) in [5, 5.41) is 8.79. The van der Waals surface area contributed by atoms with Gasteiger partial charge in [-0.3, -0.25) is 9.59 Å². The third-order valence-electron chi connectivity index (χ3n) is 6.35. The molecule has 0 radical (unpaired) electrons. The van der Waals surface area contributed by atoms with Crippen molar-refractivity contribution in [1.29, 1.82) is 0 Å². The van der Waals surface area contributed by atoms with Gasteiger partial charge in [-0.2, -0.15) is 0 Å². The fourth-order valence-corrected chi connectivity index (χ4v) is 4.19. The number of anilines is 1. The third-order valence-corrected chi connectivity index (χ3v) is 6.35. The molecule has 3 heterocycles. The van der Waals surface area contributed by atoms with Crippen molar-refractivity contribution in [2.75, 3.05) is 25.0 Å². The van der Waals surface area contributed by atoms with Crippen molar-refractivity contribution in [1.82, 2.24) is 14.6 Å². The minimum atomic E-state index is -2.71. The number of pyridine rings is 2. The highest BCUT2D eigenvalue weighted by Gasteiger charge is 2.36. The minimum absolute atomic E-state index is 0.0915. The number of hydrogen-bond donors (Lipinski definition) is 3. The van der Waals surface area contributed by atoms with Crippen molar-refractivity contribution in [2.45, 2.75) is 58.4 Å². The monoisotopic (exact) mass is 542 g/mol. The molecule has 39 heavy (non-hydrogen) atoms. The quantitative estimate of drug-likeness (QED) is 0.289. The number of piperidine rings is 1. The normalized spacial score (nSPS) is 16.7. The summed E-state index contributed by atoms with van der Waals surface area (Å²) in [5.74, 6) is 9.20. The van der Waals surface area contributed by atoms with Gasteiger partial charge >= 0.3 is 0 Å². The number of aryl methyl sites for hydroxylation is 1. The number of carboxylic acids is 1. The molecule has 1 saturated carbocycles. The van der Waals surface area contributed by atoms with Gasteiger partial charge in [0.15, 0.2) is 0 Å². The summed E-state index contributed by atoms with van der Waals surface area (Å²) < 4.78 is 29.5. The number of hydrazine groups is 1. The summed E-state index contributed by atoms with van der Waals surface area (Å²) in [6.45, 7) is 3.42. The van der Waals surface area contributed by atoms with Crippen LogP contribution in [0.4, 0.5) is 14.5 Å². The number of allylic oxidation sites excluding steroid dienone is 1. The maximum Gasteiger partial charge on any atom is 0.300 e. The molecule has 0 unspecified atom stereocenters. The molecule has 0 aromatic carbocycles. The second kappa shape index (κ2) is 12.8. The fraction of sp³-hybridized carbons (Fsp3) is 0.464. The molecule has 1 aliphatic heterocycles. The molecule has 2 aromatic heterocycles. The van der Waals surface area contributed by atoms with Crippen LogP contribution < -0.4 is 22.0 Å². The van der Waals surface area contributed by atoms with E-state index in [1.54, 1.807) is 36.3 Å². The number of aliphatic carboxylic acids is 1. The second-order valence-electron chi connectivity index (χ2n) is 9.81. The topological polar surface area (TPSA) is 131 Å². The van der Waals surface area contributed by atoms with Crippen LogP contribution in [0.1, 0.15) is 56.5 Å². The van der Waals surface area contributed by atoms with Crippen molar-refractivity contribution in [3.8, 4) is 11.8 Å². The average molecular weight is 543 g/mol. The Labute approximate surface area is 227 Å². The number of carbonyl (C=O) groups is 1. The lowest BCUT2D eigenvalue weighted by atomic mass is 10.1. The van der Waals surface area contributed by atoms with Crippen LogP contribution in [0.25, 0.3) is 5.70 Å². The Kier molecular flexibility index (Phi) is 9.70. The van der Waals surface area contributed by atoms with E-state index in [2.05, 4.69) is 16.8 Å². The Morgan fingerprint density at radius 3 is 2.56 bits per heavy atom. The lowest BCUT2D eigenvalue weighted by molar-refractivity contribution is -0.134. The highest BCUT2D eigenvalue weighted by molar-refractivity contribution is 5.65. The predicted octanol–water partition coefficient (Wildman–Crippen LogP) is 3.03. The number of nitrogens with zero attached hydrogens (tertiary/aromatic N) is 4. The van der Waals surface area contributed by atoms with Crippen LogP contribution in [0.3, 0.4) is 0 Å². The van der Waals surface area contributed by atoms with E-state index in [-0.39, 0.29) is 25.1 Å². The van der Waals surface area contributed by atoms with Gasteiger partial charge in [-0.1, -0.05) is 18.8 Å². The first-order valence-electron chi connectivity index (χ1n) is 12.9. The Morgan fingerprint density at radius 1 is 1.31 bits per heavy atom. The van der Waals surface area contributed by atoms with E-state index in [4.69, 9.17) is 21.5 Å². The standard InChI is InChI=1S/C26H32F2N6O.C2H4O2/c1-3-20-22(34-13-4-12-26(27,28)17-34)10-9-21(31-20)25(29)23(32(2)30)16-33-14-11-19(15-24(33)35)8-7-18-5-6-18;1-2(3)4/h9-11,14-15,18H,3-6,12-13,16-17,29-30H2,1-2H3;1H3,(H,3,4)/b25-23-;. The maximum absolute atomic E-state index is 14.0. The Morgan fingerprint density at radius 2 is 2.00 bits per heavy atom. The van der Waals surface area contributed by atoms with Crippen LogP contribution in [0.5, 0.6) is 0 Å². The van der Waals surface area contributed by atoms with Crippen LogP contribution in [-0.2, 0) is 17.8 Å². The van der Waals surface area contributed by atoms with E-state index in [0.29, 0.717) is 59.3 Å². The molecule has 0 spiro atoms. The number of likely N-dealkylation sites (N-methyl/N-ethyl adjacent to an activating group) is 1. The Hall–Kier alpha value is -3.91. The van der Waals surface area contributed by atoms with E-state index >= 15 is 0 Å². The van der Waals surface area contributed by atoms with Crippen LogP contribution in [0, 0.1) is 17.8 Å². The van der Waals surface area contributed by atoms with E-state index in [0.717, 1.165) is 19.8 Å². The Bertz CT molecular complexity index is 1330.